The van der Waals surface area contributed by atoms with Crippen molar-refractivity contribution >= 4 is 44.6 Å². The zero-order chi connectivity index (χ0) is 21.8. The first-order valence-corrected chi connectivity index (χ1v) is 11.8. The molecule has 0 bridgehead atoms. The minimum Gasteiger partial charge on any atom is -0.371 e. The van der Waals surface area contributed by atoms with Crippen LogP contribution in [0.5, 0.6) is 0 Å². The molecule has 2 N–H and O–H groups in total. The normalized spacial score (nSPS) is 13.8. The van der Waals surface area contributed by atoms with E-state index in [9.17, 15) is 13.2 Å². The molecule has 1 aliphatic heterocycles. The molecule has 1 aliphatic rings. The number of hydrogen-bond acceptors (Lipinski definition) is 4. The van der Waals surface area contributed by atoms with E-state index in [1.807, 2.05) is 24.3 Å². The maximum Gasteiger partial charge on any atom is 0.261 e. The Bertz CT molecular complexity index is 1210. The van der Waals surface area contributed by atoms with E-state index in [0.717, 1.165) is 18.8 Å². The predicted octanol–water partition coefficient (Wildman–Crippen LogP) is 4.99. The van der Waals surface area contributed by atoms with Crippen LogP contribution in [0.3, 0.4) is 0 Å². The Morgan fingerprint density at radius 3 is 2.35 bits per heavy atom. The Hall–Kier alpha value is -3.03. The number of carbonyl (C=O) groups excluding carboxylic acids is 1. The summed E-state index contributed by atoms with van der Waals surface area (Å²) in [6.07, 6.45) is 2.34. The lowest BCUT2D eigenvalue weighted by atomic mass is 10.2. The number of halogens is 1. The quantitative estimate of drug-likeness (QED) is 0.548. The molecule has 6 nitrogen and oxygen atoms in total. The van der Waals surface area contributed by atoms with E-state index in [4.69, 9.17) is 11.6 Å². The molecule has 3 aromatic carbocycles. The van der Waals surface area contributed by atoms with Crippen molar-refractivity contribution in [1.82, 2.24) is 0 Å². The molecule has 8 heteroatoms. The van der Waals surface area contributed by atoms with E-state index in [1.54, 1.807) is 30.3 Å². The van der Waals surface area contributed by atoms with Gasteiger partial charge in [0.1, 0.15) is 0 Å². The highest BCUT2D eigenvalue weighted by molar-refractivity contribution is 7.92. The average Bonchev–Trinajstić information content (AvgIpc) is 3.29. The molecule has 31 heavy (non-hydrogen) atoms. The number of benzene rings is 3. The summed E-state index contributed by atoms with van der Waals surface area (Å²) in [6.45, 7) is 2.02. The van der Waals surface area contributed by atoms with Crippen molar-refractivity contribution in [2.24, 2.45) is 0 Å². The Morgan fingerprint density at radius 2 is 1.58 bits per heavy atom. The third-order valence-corrected chi connectivity index (χ3v) is 6.67. The maximum absolute atomic E-state index is 12.8. The first kappa shape index (κ1) is 21.2. The topological polar surface area (TPSA) is 78.5 Å². The lowest BCUT2D eigenvalue weighted by Crippen LogP contribution is -2.18. The van der Waals surface area contributed by atoms with Gasteiger partial charge < -0.3 is 10.2 Å². The van der Waals surface area contributed by atoms with Gasteiger partial charge in [0.05, 0.1) is 10.6 Å². The van der Waals surface area contributed by atoms with Crippen LogP contribution >= 0.6 is 11.6 Å². The first-order valence-electron chi connectivity index (χ1n) is 9.95. The Labute approximate surface area is 186 Å². The van der Waals surface area contributed by atoms with Crippen LogP contribution in [-0.2, 0) is 10.0 Å². The zero-order valence-corrected chi connectivity index (χ0v) is 18.3. The van der Waals surface area contributed by atoms with Gasteiger partial charge in [-0.2, -0.15) is 0 Å². The second-order valence-electron chi connectivity index (χ2n) is 7.34. The van der Waals surface area contributed by atoms with Crippen molar-refractivity contribution in [3.8, 4) is 0 Å². The van der Waals surface area contributed by atoms with Gasteiger partial charge in [-0.05, 0) is 67.4 Å². The second-order valence-corrected chi connectivity index (χ2v) is 9.46. The van der Waals surface area contributed by atoms with Crippen molar-refractivity contribution in [2.45, 2.75) is 17.7 Å². The molecular formula is C23H22ClN3O3S. The molecule has 0 aliphatic carbocycles. The van der Waals surface area contributed by atoms with E-state index in [0.29, 0.717) is 16.4 Å². The highest BCUT2D eigenvalue weighted by atomic mass is 35.5. The summed E-state index contributed by atoms with van der Waals surface area (Å²) < 4.78 is 28.0. The van der Waals surface area contributed by atoms with Crippen molar-refractivity contribution in [2.75, 3.05) is 28.0 Å². The van der Waals surface area contributed by atoms with E-state index < -0.39 is 10.0 Å². The summed E-state index contributed by atoms with van der Waals surface area (Å²) in [4.78, 5) is 15.0. The van der Waals surface area contributed by atoms with Crippen LogP contribution in [0.2, 0.25) is 5.02 Å². The Morgan fingerprint density at radius 1 is 0.871 bits per heavy atom. The predicted molar refractivity (Wildman–Crippen MR) is 125 cm³/mol. The van der Waals surface area contributed by atoms with E-state index in [1.165, 1.54) is 31.0 Å². The number of carbonyl (C=O) groups is 1. The minimum atomic E-state index is -3.87. The molecule has 1 saturated heterocycles. The molecule has 1 fully saturated rings. The van der Waals surface area contributed by atoms with Gasteiger partial charge in [-0.3, -0.25) is 9.52 Å². The largest absolute Gasteiger partial charge is 0.371 e. The van der Waals surface area contributed by atoms with Crippen LogP contribution < -0.4 is 14.9 Å². The molecule has 160 valence electrons. The highest BCUT2D eigenvalue weighted by Gasteiger charge is 2.17. The lowest BCUT2D eigenvalue weighted by molar-refractivity contribution is 0.102. The van der Waals surface area contributed by atoms with E-state index >= 15 is 0 Å². The van der Waals surface area contributed by atoms with E-state index in [2.05, 4.69) is 14.9 Å². The number of nitrogens with one attached hydrogen (secondary N) is 2. The number of nitrogens with zero attached hydrogens (tertiary/aromatic N) is 1. The van der Waals surface area contributed by atoms with Crippen molar-refractivity contribution in [3.63, 3.8) is 0 Å². The molecule has 4 rings (SSSR count). The third-order valence-electron chi connectivity index (χ3n) is 5.06. The van der Waals surface area contributed by atoms with Gasteiger partial charge in [0.25, 0.3) is 15.9 Å². The fourth-order valence-electron chi connectivity index (χ4n) is 3.53. The molecule has 0 saturated carbocycles. The maximum atomic E-state index is 12.8. The molecule has 0 aromatic heterocycles. The molecule has 3 aromatic rings. The molecule has 1 amide bonds. The molecule has 0 atom stereocenters. The van der Waals surface area contributed by atoms with Crippen molar-refractivity contribution in [3.05, 3.63) is 83.4 Å². The van der Waals surface area contributed by atoms with Gasteiger partial charge >= 0.3 is 0 Å². The van der Waals surface area contributed by atoms with Crippen LogP contribution in [0.1, 0.15) is 23.2 Å². The number of hydrogen-bond donors (Lipinski definition) is 2. The second kappa shape index (κ2) is 8.99. The summed E-state index contributed by atoms with van der Waals surface area (Å²) in [7, 11) is -3.87. The number of anilines is 3. The standard InChI is InChI=1S/C23H22ClN3O3S/c24-18-7-4-9-20(15-18)26-31(29,30)22-11-3-6-17(14-22)23(28)25-19-8-5-10-21(16-19)27-12-1-2-13-27/h3-11,14-16,26H,1-2,12-13H2,(H,25,28). The van der Waals surface area contributed by atoms with Gasteiger partial charge in [-0.15, -0.1) is 0 Å². The molecule has 0 spiro atoms. The minimum absolute atomic E-state index is 0.00839. The molecule has 0 radical (unpaired) electrons. The van der Waals surface area contributed by atoms with Crippen molar-refractivity contribution < 1.29 is 13.2 Å². The van der Waals surface area contributed by atoms with Crippen LogP contribution in [-0.4, -0.2) is 27.4 Å². The monoisotopic (exact) mass is 455 g/mol. The number of amides is 1. The summed E-state index contributed by atoms with van der Waals surface area (Å²) in [5, 5.41) is 3.28. The molecule has 1 heterocycles. The first-order chi connectivity index (χ1) is 14.9. The Kier molecular flexibility index (Phi) is 6.15. The summed E-state index contributed by atoms with van der Waals surface area (Å²) >= 11 is 5.93. The summed E-state index contributed by atoms with van der Waals surface area (Å²) in [6, 6.07) is 20.0. The zero-order valence-electron chi connectivity index (χ0n) is 16.7. The van der Waals surface area contributed by atoms with Crippen molar-refractivity contribution in [1.29, 1.82) is 0 Å². The van der Waals surface area contributed by atoms with Gasteiger partial charge in [0.15, 0.2) is 0 Å². The SMILES string of the molecule is O=C(Nc1cccc(N2CCCC2)c1)c1cccc(S(=O)(=O)Nc2cccc(Cl)c2)c1. The molecule has 0 unspecified atom stereocenters. The van der Waals surface area contributed by atoms with Gasteiger partial charge in [-0.1, -0.05) is 29.8 Å². The smallest absolute Gasteiger partial charge is 0.261 e. The Balaban J connectivity index is 1.51. The summed E-state index contributed by atoms with van der Waals surface area (Å²) in [5.74, 6) is -0.377. The number of sulfonamides is 1. The third kappa shape index (κ3) is 5.18. The fraction of sp³-hybridized carbons (Fsp3) is 0.174. The van der Waals surface area contributed by atoms with Crippen LogP contribution in [0.4, 0.5) is 17.1 Å². The van der Waals surface area contributed by atoms with Crippen LogP contribution in [0.25, 0.3) is 0 Å². The fourth-order valence-corrected chi connectivity index (χ4v) is 4.81. The van der Waals surface area contributed by atoms with Gasteiger partial charge in [0.2, 0.25) is 0 Å². The highest BCUT2D eigenvalue weighted by Crippen LogP contribution is 2.24. The number of rotatable bonds is 6. The molecular weight excluding hydrogens is 434 g/mol. The summed E-state index contributed by atoms with van der Waals surface area (Å²) in [5.41, 5.74) is 2.33. The van der Waals surface area contributed by atoms with Gasteiger partial charge in [0, 0.05) is 35.1 Å². The van der Waals surface area contributed by atoms with E-state index in [-0.39, 0.29) is 16.4 Å². The average molecular weight is 456 g/mol. The van der Waals surface area contributed by atoms with Crippen LogP contribution in [0, 0.1) is 0 Å². The van der Waals surface area contributed by atoms with Crippen LogP contribution in [0.15, 0.2) is 77.7 Å². The lowest BCUT2D eigenvalue weighted by Gasteiger charge is -2.18. The van der Waals surface area contributed by atoms with Gasteiger partial charge in [-0.25, -0.2) is 8.42 Å².